The Kier molecular flexibility index (Phi) is 22.5. The second-order valence-electron chi connectivity index (χ2n) is 9.97. The van der Waals surface area contributed by atoms with Crippen molar-refractivity contribution in [3.05, 3.63) is 0 Å². The molecule has 1 fully saturated rings. The van der Waals surface area contributed by atoms with Gasteiger partial charge in [0.25, 0.3) is 0 Å². The van der Waals surface area contributed by atoms with Crippen LogP contribution in [-0.2, 0) is 24.0 Å². The standard InChI is InChI=1S/C24H44N6O9S.C2H6O/c1-18(24(38)39)25-23(37)19(3-14-40-2)26-20(32)15-28-8-10-29(16-21(33)34)6-4-27(12-13-31)5-7-30(11-9-28)17-22(35)36;1-2-3/h18-19,31H,3-17H2,1-2H3,(H,25,37)(H,26,32)(H,33,34)(H,35,36)(H,38,39);3H,2H2,1H3/t18-,19-;/m0./s1. The summed E-state index contributed by atoms with van der Waals surface area (Å²) in [6.45, 7) is 6.13. The quantitative estimate of drug-likeness (QED) is 0.0962. The molecule has 0 spiro atoms. The Morgan fingerprint density at radius 1 is 0.744 bits per heavy atom. The average Bonchev–Trinajstić information content (AvgIpc) is 2.92. The SMILES string of the molecule is CCO.CSCC[C@H](NC(=O)CN1CCN(CC(=O)O)CCN(CCO)CCN(CC(=O)O)CC1)C(=O)N[C@@H](C)C(=O)O. The number of thioether (sulfide) groups is 1. The first-order chi connectivity index (χ1) is 20.4. The van der Waals surface area contributed by atoms with Crippen LogP contribution < -0.4 is 10.6 Å². The largest absolute Gasteiger partial charge is 0.480 e. The summed E-state index contributed by atoms with van der Waals surface area (Å²) in [5, 5.41) is 49.9. The third kappa shape index (κ3) is 20.1. The van der Waals surface area contributed by atoms with Crippen LogP contribution in [0.2, 0.25) is 0 Å². The van der Waals surface area contributed by atoms with Gasteiger partial charge in [0.2, 0.25) is 11.8 Å². The fourth-order valence-electron chi connectivity index (χ4n) is 4.12. The summed E-state index contributed by atoms with van der Waals surface area (Å²) in [4.78, 5) is 66.9. The molecule has 0 saturated carbocycles. The van der Waals surface area contributed by atoms with Crippen LogP contribution in [0, 0.1) is 0 Å². The van der Waals surface area contributed by atoms with E-state index in [0.29, 0.717) is 71.1 Å². The Morgan fingerprint density at radius 2 is 1.16 bits per heavy atom. The number of carboxylic acids is 3. The number of carbonyl (C=O) groups is 5. The van der Waals surface area contributed by atoms with Crippen molar-refractivity contribution in [3.63, 3.8) is 0 Å². The number of β-amino-alcohol motifs (C(OH)–C–C–N with tert-alkyl or cyclic N) is 1. The van der Waals surface area contributed by atoms with Crippen LogP contribution >= 0.6 is 11.8 Å². The predicted octanol–water partition coefficient (Wildman–Crippen LogP) is -2.80. The van der Waals surface area contributed by atoms with E-state index in [0.717, 1.165) is 0 Å². The Bertz CT molecular complexity index is 823. The molecule has 0 aliphatic carbocycles. The highest BCUT2D eigenvalue weighted by Gasteiger charge is 2.25. The fourth-order valence-corrected chi connectivity index (χ4v) is 4.60. The highest BCUT2D eigenvalue weighted by atomic mass is 32.2. The number of aliphatic hydroxyl groups is 2. The number of amides is 2. The minimum absolute atomic E-state index is 0.0774. The number of aliphatic carboxylic acids is 3. The maximum absolute atomic E-state index is 13.0. The second kappa shape index (κ2) is 23.9. The predicted molar refractivity (Wildman–Crippen MR) is 161 cm³/mol. The van der Waals surface area contributed by atoms with Gasteiger partial charge in [-0.3, -0.25) is 43.6 Å². The first-order valence-electron chi connectivity index (χ1n) is 14.2. The fraction of sp³-hybridized carbons (Fsp3) is 0.808. The smallest absolute Gasteiger partial charge is 0.325 e. The van der Waals surface area contributed by atoms with E-state index in [1.165, 1.54) is 18.7 Å². The van der Waals surface area contributed by atoms with Crippen LogP contribution in [0.15, 0.2) is 0 Å². The third-order valence-corrected chi connectivity index (χ3v) is 7.07. The third-order valence-electron chi connectivity index (χ3n) is 6.42. The van der Waals surface area contributed by atoms with Crippen molar-refractivity contribution < 1.29 is 49.5 Å². The van der Waals surface area contributed by atoms with Crippen LogP contribution in [0.25, 0.3) is 0 Å². The molecule has 0 unspecified atom stereocenters. The molecule has 2 amide bonds. The van der Waals surface area contributed by atoms with Crippen molar-refractivity contribution >= 4 is 41.5 Å². The molecule has 0 radical (unpaired) electrons. The molecule has 1 rings (SSSR count). The molecule has 17 heteroatoms. The minimum Gasteiger partial charge on any atom is -0.480 e. The molecule has 0 aromatic rings. The van der Waals surface area contributed by atoms with Gasteiger partial charge in [-0.1, -0.05) is 0 Å². The molecule has 0 aromatic carbocycles. The molecule has 1 aliphatic heterocycles. The first kappa shape index (κ1) is 40.5. The van der Waals surface area contributed by atoms with E-state index < -0.39 is 41.8 Å². The van der Waals surface area contributed by atoms with E-state index in [1.54, 1.807) is 21.6 Å². The Hall–Kier alpha value is -2.54. The van der Waals surface area contributed by atoms with Crippen molar-refractivity contribution in [2.75, 3.05) is 104 Å². The summed E-state index contributed by atoms with van der Waals surface area (Å²) in [7, 11) is 0. The van der Waals surface area contributed by atoms with E-state index in [1.807, 2.05) is 11.2 Å². The number of nitrogens with one attached hydrogen (secondary N) is 2. The molecular weight excluding hydrogens is 588 g/mol. The zero-order valence-corrected chi connectivity index (χ0v) is 26.3. The van der Waals surface area contributed by atoms with Gasteiger partial charge in [0, 0.05) is 65.5 Å². The molecule has 0 aromatic heterocycles. The number of nitrogens with zero attached hydrogens (tertiary/aromatic N) is 4. The summed E-state index contributed by atoms with van der Waals surface area (Å²) in [5.41, 5.74) is 0. The lowest BCUT2D eigenvalue weighted by Crippen LogP contribution is -2.53. The Labute approximate surface area is 257 Å². The molecule has 43 heavy (non-hydrogen) atoms. The minimum atomic E-state index is -1.20. The number of hydrogen-bond acceptors (Lipinski definition) is 12. The van der Waals surface area contributed by atoms with Gasteiger partial charge in [0.05, 0.1) is 26.2 Å². The molecule has 16 nitrogen and oxygen atoms in total. The Morgan fingerprint density at radius 3 is 1.53 bits per heavy atom. The molecule has 250 valence electrons. The van der Waals surface area contributed by atoms with Crippen molar-refractivity contribution in [3.8, 4) is 0 Å². The zero-order chi connectivity index (χ0) is 32.8. The van der Waals surface area contributed by atoms with Gasteiger partial charge in [-0.05, 0) is 32.3 Å². The maximum Gasteiger partial charge on any atom is 0.325 e. The van der Waals surface area contributed by atoms with Gasteiger partial charge in [0.1, 0.15) is 12.1 Å². The van der Waals surface area contributed by atoms with E-state index in [-0.39, 0.29) is 32.8 Å². The summed E-state index contributed by atoms with van der Waals surface area (Å²) in [6, 6.07) is -2.05. The van der Waals surface area contributed by atoms with E-state index in [9.17, 15) is 39.3 Å². The van der Waals surface area contributed by atoms with Crippen LogP contribution in [0.4, 0.5) is 0 Å². The van der Waals surface area contributed by atoms with E-state index in [2.05, 4.69) is 10.6 Å². The van der Waals surface area contributed by atoms with Crippen LogP contribution in [0.3, 0.4) is 0 Å². The maximum atomic E-state index is 13.0. The summed E-state index contributed by atoms with van der Waals surface area (Å²) >= 11 is 1.48. The van der Waals surface area contributed by atoms with Gasteiger partial charge in [-0.15, -0.1) is 0 Å². The average molecular weight is 639 g/mol. The number of rotatable bonds is 15. The lowest BCUT2D eigenvalue weighted by Gasteiger charge is -2.33. The summed E-state index contributed by atoms with van der Waals surface area (Å²) in [6.07, 6.45) is 2.15. The molecular formula is C26H50N6O10S. The Balaban J connectivity index is 0.00000562. The van der Waals surface area contributed by atoms with Gasteiger partial charge >= 0.3 is 17.9 Å². The molecule has 7 N–H and O–H groups in total. The molecule has 2 atom stereocenters. The number of aliphatic hydroxyl groups excluding tert-OH is 2. The molecule has 1 aliphatic rings. The van der Waals surface area contributed by atoms with Crippen molar-refractivity contribution in [2.45, 2.75) is 32.4 Å². The molecule has 0 bridgehead atoms. The molecule has 1 heterocycles. The second-order valence-corrected chi connectivity index (χ2v) is 11.0. The van der Waals surface area contributed by atoms with Gasteiger partial charge in [-0.2, -0.15) is 11.8 Å². The normalized spacial score (nSPS) is 17.7. The summed E-state index contributed by atoms with van der Waals surface area (Å²) < 4.78 is 0. The van der Waals surface area contributed by atoms with Crippen LogP contribution in [0.5, 0.6) is 0 Å². The van der Waals surface area contributed by atoms with E-state index in [4.69, 9.17) is 10.2 Å². The monoisotopic (exact) mass is 638 g/mol. The van der Waals surface area contributed by atoms with Crippen LogP contribution in [0.1, 0.15) is 20.3 Å². The van der Waals surface area contributed by atoms with E-state index >= 15 is 0 Å². The van der Waals surface area contributed by atoms with Crippen molar-refractivity contribution in [2.24, 2.45) is 0 Å². The van der Waals surface area contributed by atoms with Crippen LogP contribution in [-0.4, -0.2) is 191 Å². The lowest BCUT2D eigenvalue weighted by molar-refractivity contribution is -0.142. The van der Waals surface area contributed by atoms with Gasteiger partial charge < -0.3 is 36.2 Å². The lowest BCUT2D eigenvalue weighted by atomic mass is 10.2. The summed E-state index contributed by atoms with van der Waals surface area (Å²) in [5.74, 6) is -3.67. The molecule has 1 saturated heterocycles. The van der Waals surface area contributed by atoms with Crippen molar-refractivity contribution in [1.82, 2.24) is 30.2 Å². The van der Waals surface area contributed by atoms with Crippen molar-refractivity contribution in [1.29, 1.82) is 0 Å². The number of carbonyl (C=O) groups excluding carboxylic acids is 2. The number of carboxylic acid groups (broad SMARTS) is 3. The highest BCUT2D eigenvalue weighted by molar-refractivity contribution is 7.98. The number of hydrogen-bond donors (Lipinski definition) is 7. The van der Waals surface area contributed by atoms with Gasteiger partial charge in [-0.25, -0.2) is 0 Å². The first-order valence-corrected chi connectivity index (χ1v) is 15.6. The highest BCUT2D eigenvalue weighted by Crippen LogP contribution is 2.04. The zero-order valence-electron chi connectivity index (χ0n) is 25.4. The topological polar surface area (TPSA) is 224 Å². The van der Waals surface area contributed by atoms with Gasteiger partial charge in [0.15, 0.2) is 0 Å².